The summed E-state index contributed by atoms with van der Waals surface area (Å²) in [5, 5.41) is 0. The number of anilines is 2. The van der Waals surface area contributed by atoms with E-state index in [2.05, 4.69) is 0 Å². The van der Waals surface area contributed by atoms with E-state index in [-0.39, 0.29) is 5.91 Å². The van der Waals surface area contributed by atoms with Crippen molar-refractivity contribution in [3.8, 4) is 5.75 Å². The molecule has 20 heavy (non-hydrogen) atoms. The van der Waals surface area contributed by atoms with Gasteiger partial charge in [0.25, 0.3) is 5.91 Å². The number of nitrogens with zero attached hydrogens (tertiary/aromatic N) is 1. The molecule has 0 atom stereocenters. The van der Waals surface area contributed by atoms with Gasteiger partial charge < -0.3 is 15.4 Å². The third-order valence-corrected chi connectivity index (χ3v) is 3.18. The molecule has 0 unspecified atom stereocenters. The van der Waals surface area contributed by atoms with E-state index in [1.54, 1.807) is 37.3 Å². The van der Waals surface area contributed by atoms with Crippen molar-refractivity contribution in [2.24, 2.45) is 0 Å². The van der Waals surface area contributed by atoms with Gasteiger partial charge in [0.1, 0.15) is 5.75 Å². The number of methoxy groups -OCH3 is 1. The number of carbonyl (C=O) groups is 1. The van der Waals surface area contributed by atoms with E-state index in [0.29, 0.717) is 17.0 Å². The number of rotatable bonds is 3. The second-order valence-corrected chi connectivity index (χ2v) is 4.66. The smallest absolute Gasteiger partial charge is 0.260 e. The van der Waals surface area contributed by atoms with Crippen LogP contribution < -0.4 is 15.4 Å². The highest BCUT2D eigenvalue weighted by molar-refractivity contribution is 6.09. The molecule has 0 aliphatic rings. The van der Waals surface area contributed by atoms with Crippen LogP contribution in [0.15, 0.2) is 42.5 Å². The number of amides is 1. The number of hydrogen-bond donors (Lipinski definition) is 1. The quantitative estimate of drug-likeness (QED) is 0.872. The van der Waals surface area contributed by atoms with Gasteiger partial charge in [-0.15, -0.1) is 0 Å². The molecule has 2 N–H and O–H groups in total. The summed E-state index contributed by atoms with van der Waals surface area (Å²) in [5.41, 5.74) is 8.69. The fraction of sp³-hybridized carbons (Fsp3) is 0.188. The maximum absolute atomic E-state index is 12.5. The second kappa shape index (κ2) is 5.65. The predicted octanol–water partition coefficient (Wildman–Crippen LogP) is 2.86. The predicted molar refractivity (Wildman–Crippen MR) is 81.3 cm³/mol. The van der Waals surface area contributed by atoms with Crippen LogP contribution in [-0.2, 0) is 0 Å². The zero-order valence-electron chi connectivity index (χ0n) is 11.9. The summed E-state index contributed by atoms with van der Waals surface area (Å²) in [4.78, 5) is 14.1. The van der Waals surface area contributed by atoms with Crippen LogP contribution in [0.5, 0.6) is 5.75 Å². The third-order valence-electron chi connectivity index (χ3n) is 3.18. The van der Waals surface area contributed by atoms with Gasteiger partial charge in [0.15, 0.2) is 0 Å². The van der Waals surface area contributed by atoms with Crippen molar-refractivity contribution in [3.05, 3.63) is 53.6 Å². The number of carbonyl (C=O) groups excluding carboxylic acids is 1. The van der Waals surface area contributed by atoms with Crippen LogP contribution in [-0.4, -0.2) is 20.1 Å². The Morgan fingerprint density at radius 1 is 1.20 bits per heavy atom. The minimum absolute atomic E-state index is 0.160. The van der Waals surface area contributed by atoms with Gasteiger partial charge in [-0.05, 0) is 42.8 Å². The lowest BCUT2D eigenvalue weighted by Crippen LogP contribution is -2.27. The molecule has 0 radical (unpaired) electrons. The molecule has 0 aliphatic heterocycles. The van der Waals surface area contributed by atoms with Crippen LogP contribution in [0.1, 0.15) is 15.9 Å². The number of hydrogen-bond acceptors (Lipinski definition) is 3. The molecule has 0 aliphatic carbocycles. The number of benzene rings is 2. The van der Waals surface area contributed by atoms with E-state index >= 15 is 0 Å². The first-order valence-electron chi connectivity index (χ1n) is 6.31. The van der Waals surface area contributed by atoms with Gasteiger partial charge in [0.2, 0.25) is 0 Å². The van der Waals surface area contributed by atoms with Gasteiger partial charge in [-0.3, -0.25) is 4.79 Å². The van der Waals surface area contributed by atoms with Crippen molar-refractivity contribution in [1.82, 2.24) is 0 Å². The van der Waals surface area contributed by atoms with Gasteiger partial charge in [-0.2, -0.15) is 0 Å². The molecular formula is C16H18N2O2. The monoisotopic (exact) mass is 270 g/mol. The van der Waals surface area contributed by atoms with E-state index in [0.717, 1.165) is 11.3 Å². The highest BCUT2D eigenvalue weighted by Gasteiger charge is 2.17. The number of nitrogen functional groups attached to an aromatic ring is 1. The Labute approximate surface area is 118 Å². The average Bonchev–Trinajstić information content (AvgIpc) is 2.46. The van der Waals surface area contributed by atoms with Crippen LogP contribution >= 0.6 is 0 Å². The third kappa shape index (κ3) is 2.74. The molecule has 0 aromatic heterocycles. The van der Waals surface area contributed by atoms with Crippen molar-refractivity contribution >= 4 is 17.3 Å². The van der Waals surface area contributed by atoms with Gasteiger partial charge in [0.05, 0.1) is 12.7 Å². The van der Waals surface area contributed by atoms with Crippen molar-refractivity contribution in [1.29, 1.82) is 0 Å². The maximum Gasteiger partial charge on any atom is 0.260 e. The number of ether oxygens (including phenoxy) is 1. The van der Waals surface area contributed by atoms with Crippen molar-refractivity contribution in [2.75, 3.05) is 24.8 Å². The highest BCUT2D eigenvalue weighted by Crippen LogP contribution is 2.23. The molecule has 2 rings (SSSR count). The maximum atomic E-state index is 12.5. The molecule has 0 spiro atoms. The highest BCUT2D eigenvalue weighted by atomic mass is 16.5. The zero-order chi connectivity index (χ0) is 14.7. The van der Waals surface area contributed by atoms with E-state index in [1.807, 2.05) is 31.2 Å². The Morgan fingerprint density at radius 3 is 2.60 bits per heavy atom. The average molecular weight is 270 g/mol. The molecule has 2 aromatic carbocycles. The molecular weight excluding hydrogens is 252 g/mol. The second-order valence-electron chi connectivity index (χ2n) is 4.66. The molecule has 0 fully saturated rings. The Bertz CT molecular complexity index is 638. The van der Waals surface area contributed by atoms with Gasteiger partial charge in [-0.1, -0.05) is 12.1 Å². The fourth-order valence-corrected chi connectivity index (χ4v) is 1.98. The first-order valence-corrected chi connectivity index (χ1v) is 6.31. The van der Waals surface area contributed by atoms with Crippen molar-refractivity contribution in [3.63, 3.8) is 0 Å². The normalized spacial score (nSPS) is 10.2. The topological polar surface area (TPSA) is 55.6 Å². The van der Waals surface area contributed by atoms with Crippen LogP contribution in [0.25, 0.3) is 0 Å². The fourth-order valence-electron chi connectivity index (χ4n) is 1.98. The van der Waals surface area contributed by atoms with Gasteiger partial charge >= 0.3 is 0 Å². The van der Waals surface area contributed by atoms with E-state index in [1.165, 1.54) is 0 Å². The van der Waals surface area contributed by atoms with Crippen molar-refractivity contribution in [2.45, 2.75) is 6.92 Å². The molecule has 4 heteroatoms. The standard InChI is InChI=1S/C16H18N2O2/c1-11-5-4-6-12(9-11)18(2)16(19)14-10-13(20-3)7-8-15(14)17/h4-10H,17H2,1-3H3. The zero-order valence-corrected chi connectivity index (χ0v) is 11.9. The molecule has 104 valence electrons. The molecule has 0 heterocycles. The largest absolute Gasteiger partial charge is 0.497 e. The number of nitrogens with two attached hydrogens (primary N) is 1. The lowest BCUT2D eigenvalue weighted by Gasteiger charge is -2.19. The Kier molecular flexibility index (Phi) is 3.94. The lowest BCUT2D eigenvalue weighted by atomic mass is 10.1. The van der Waals surface area contributed by atoms with Crippen LogP contribution in [0.3, 0.4) is 0 Å². The molecule has 0 saturated heterocycles. The Balaban J connectivity index is 2.36. The molecule has 1 amide bonds. The van der Waals surface area contributed by atoms with Gasteiger partial charge in [-0.25, -0.2) is 0 Å². The Hall–Kier alpha value is -2.49. The first-order chi connectivity index (χ1) is 9.52. The van der Waals surface area contributed by atoms with Crippen LogP contribution in [0, 0.1) is 6.92 Å². The van der Waals surface area contributed by atoms with Crippen molar-refractivity contribution < 1.29 is 9.53 Å². The molecule has 0 saturated carbocycles. The minimum atomic E-state index is -0.160. The van der Waals surface area contributed by atoms with Crippen LogP contribution in [0.2, 0.25) is 0 Å². The summed E-state index contributed by atoms with van der Waals surface area (Å²) in [6, 6.07) is 12.8. The van der Waals surface area contributed by atoms with E-state index < -0.39 is 0 Å². The lowest BCUT2D eigenvalue weighted by molar-refractivity contribution is 0.0993. The summed E-state index contributed by atoms with van der Waals surface area (Å²) < 4.78 is 5.14. The van der Waals surface area contributed by atoms with Crippen LogP contribution in [0.4, 0.5) is 11.4 Å². The molecule has 4 nitrogen and oxygen atoms in total. The molecule has 0 bridgehead atoms. The number of aryl methyl sites for hydroxylation is 1. The van der Waals surface area contributed by atoms with Gasteiger partial charge in [0, 0.05) is 18.4 Å². The summed E-state index contributed by atoms with van der Waals surface area (Å²) >= 11 is 0. The first kappa shape index (κ1) is 13.9. The minimum Gasteiger partial charge on any atom is -0.497 e. The summed E-state index contributed by atoms with van der Waals surface area (Å²) in [5.74, 6) is 0.451. The SMILES string of the molecule is COc1ccc(N)c(C(=O)N(C)c2cccc(C)c2)c1. The van der Waals surface area contributed by atoms with E-state index in [9.17, 15) is 4.79 Å². The summed E-state index contributed by atoms with van der Waals surface area (Å²) in [6.07, 6.45) is 0. The summed E-state index contributed by atoms with van der Waals surface area (Å²) in [7, 11) is 3.29. The molecule has 2 aromatic rings. The summed E-state index contributed by atoms with van der Waals surface area (Å²) in [6.45, 7) is 1.99. The van der Waals surface area contributed by atoms with E-state index in [4.69, 9.17) is 10.5 Å². The Morgan fingerprint density at radius 2 is 1.95 bits per heavy atom.